The summed E-state index contributed by atoms with van der Waals surface area (Å²) in [5.41, 5.74) is 3.29. The van der Waals surface area contributed by atoms with Crippen LogP contribution in [0.2, 0.25) is 0 Å². The molecule has 12 heteroatoms. The molecule has 10 heterocycles. The first-order valence-corrected chi connectivity index (χ1v) is 22.3. The highest BCUT2D eigenvalue weighted by Crippen LogP contribution is 2.54. The second-order valence-corrected chi connectivity index (χ2v) is 19.1. The molecule has 10 aliphatic rings. The van der Waals surface area contributed by atoms with E-state index in [2.05, 4.69) is 34.3 Å². The Labute approximate surface area is 338 Å². The number of esters is 1. The van der Waals surface area contributed by atoms with E-state index < -0.39 is 11.8 Å². The molecular weight excluding hydrogens is 732 g/mol. The van der Waals surface area contributed by atoms with E-state index in [1.165, 1.54) is 12.7 Å². The maximum Gasteiger partial charge on any atom is 0.332 e. The third-order valence-corrected chi connectivity index (χ3v) is 15.2. The molecule has 1 spiro atoms. The van der Waals surface area contributed by atoms with Gasteiger partial charge in [0, 0.05) is 39.2 Å². The lowest BCUT2D eigenvalue weighted by molar-refractivity contribution is -0.292. The lowest BCUT2D eigenvalue weighted by Gasteiger charge is -2.47. The van der Waals surface area contributed by atoms with Gasteiger partial charge in [0.25, 0.3) is 0 Å². The molecule has 10 aliphatic heterocycles. The van der Waals surface area contributed by atoms with Crippen LogP contribution in [0.15, 0.2) is 23.3 Å². The molecule has 18 atom stereocenters. The van der Waals surface area contributed by atoms with Crippen molar-refractivity contribution in [3.63, 3.8) is 0 Å². The quantitative estimate of drug-likeness (QED) is 0.218. The van der Waals surface area contributed by atoms with E-state index in [1.54, 1.807) is 0 Å². The number of fused-ring (bicyclic) bond motifs is 6. The molecule has 10 rings (SSSR count). The van der Waals surface area contributed by atoms with Crippen molar-refractivity contribution in [1.82, 2.24) is 0 Å². The van der Waals surface area contributed by atoms with Gasteiger partial charge in [-0.3, -0.25) is 4.79 Å². The first kappa shape index (κ1) is 40.7. The van der Waals surface area contributed by atoms with Gasteiger partial charge in [-0.05, 0) is 87.2 Å². The van der Waals surface area contributed by atoms with E-state index >= 15 is 0 Å². The summed E-state index contributed by atoms with van der Waals surface area (Å²) in [7, 11) is 1.49. The highest BCUT2D eigenvalue weighted by molar-refractivity contribution is 5.79. The van der Waals surface area contributed by atoms with Crippen molar-refractivity contribution in [2.24, 2.45) is 17.8 Å². The van der Waals surface area contributed by atoms with Gasteiger partial charge in [-0.25, -0.2) is 4.79 Å². The molecule has 0 aliphatic carbocycles. The number of ether oxygens (including phenoxy) is 10. The second-order valence-electron chi connectivity index (χ2n) is 19.1. The number of Topliss-reactive ketones (excluding diaryl/α,β-unsaturated/α-hetero) is 1. The zero-order chi connectivity index (χ0) is 39.6. The fourth-order valence-corrected chi connectivity index (χ4v) is 11.9. The monoisotopic (exact) mass is 798 g/mol. The molecule has 0 aromatic rings. The third kappa shape index (κ3) is 8.10. The van der Waals surface area contributed by atoms with Crippen LogP contribution in [-0.4, -0.2) is 123 Å². The van der Waals surface area contributed by atoms with Crippen molar-refractivity contribution in [3.8, 4) is 0 Å². The summed E-state index contributed by atoms with van der Waals surface area (Å²) >= 11 is 0. The Balaban J connectivity index is 0.995. The van der Waals surface area contributed by atoms with E-state index in [9.17, 15) is 9.59 Å². The molecule has 0 aromatic heterocycles. The van der Waals surface area contributed by atoms with Gasteiger partial charge >= 0.3 is 5.97 Å². The fraction of sp³-hybridized carbons (Fsp3) is 0.867. The summed E-state index contributed by atoms with van der Waals surface area (Å²) < 4.78 is 65.5. The van der Waals surface area contributed by atoms with Gasteiger partial charge in [0.1, 0.15) is 49.5 Å². The van der Waals surface area contributed by atoms with Gasteiger partial charge in [-0.2, -0.15) is 0 Å². The Kier molecular flexibility index (Phi) is 11.8. The molecule has 9 fully saturated rings. The Morgan fingerprint density at radius 3 is 2.39 bits per heavy atom. The number of hydrogen-bond donors (Lipinski definition) is 0. The number of carbonyl (C=O) groups excluding carboxylic acids is 2. The van der Waals surface area contributed by atoms with Gasteiger partial charge in [0.15, 0.2) is 5.79 Å². The highest BCUT2D eigenvalue weighted by atomic mass is 16.8. The molecule has 9 saturated heterocycles. The minimum atomic E-state index is -0.780. The molecule has 0 N–H and O–H groups in total. The van der Waals surface area contributed by atoms with E-state index in [4.69, 9.17) is 47.4 Å². The van der Waals surface area contributed by atoms with Crippen molar-refractivity contribution in [2.45, 2.75) is 209 Å². The summed E-state index contributed by atoms with van der Waals surface area (Å²) in [5, 5.41) is 0. The second kappa shape index (κ2) is 16.6. The normalized spacial score (nSPS) is 47.5. The van der Waals surface area contributed by atoms with Crippen molar-refractivity contribution in [1.29, 1.82) is 0 Å². The van der Waals surface area contributed by atoms with Crippen LogP contribution in [0.4, 0.5) is 0 Å². The van der Waals surface area contributed by atoms with E-state index in [0.29, 0.717) is 38.0 Å². The molecule has 0 aromatic carbocycles. The number of ketones is 1. The maximum atomic E-state index is 14.2. The molecule has 12 nitrogen and oxygen atoms in total. The molecule has 0 saturated carbocycles. The van der Waals surface area contributed by atoms with E-state index in [1.807, 2.05) is 0 Å². The van der Waals surface area contributed by atoms with Crippen LogP contribution in [0.1, 0.15) is 118 Å². The summed E-state index contributed by atoms with van der Waals surface area (Å²) in [5.74, 6) is -0.268. The smallest absolute Gasteiger partial charge is 0.332 e. The molecule has 0 amide bonds. The minimum absolute atomic E-state index is 0.0195. The van der Waals surface area contributed by atoms with Crippen molar-refractivity contribution in [2.75, 3.05) is 20.3 Å². The Morgan fingerprint density at radius 1 is 0.825 bits per heavy atom. The number of carbonyl (C=O) groups is 2. The zero-order valence-electron chi connectivity index (χ0n) is 34.7. The Hall–Kier alpha value is -1.74. The number of methoxy groups -OCH3 is 1. The van der Waals surface area contributed by atoms with Crippen LogP contribution in [0.25, 0.3) is 0 Å². The van der Waals surface area contributed by atoms with Gasteiger partial charge in [-0.1, -0.05) is 39.3 Å². The highest BCUT2D eigenvalue weighted by Gasteiger charge is 2.68. The van der Waals surface area contributed by atoms with Crippen LogP contribution in [0.3, 0.4) is 0 Å². The minimum Gasteiger partial charge on any atom is -0.459 e. The van der Waals surface area contributed by atoms with Crippen molar-refractivity contribution < 1.29 is 57.0 Å². The largest absolute Gasteiger partial charge is 0.459 e. The lowest BCUT2D eigenvalue weighted by Crippen LogP contribution is -2.61. The van der Waals surface area contributed by atoms with Crippen LogP contribution in [0, 0.1) is 17.8 Å². The summed E-state index contributed by atoms with van der Waals surface area (Å²) in [4.78, 5) is 26.7. The molecular formula is C45H66O12. The predicted octanol–water partition coefficient (Wildman–Crippen LogP) is 6.10. The molecule has 57 heavy (non-hydrogen) atoms. The Morgan fingerprint density at radius 2 is 1.56 bits per heavy atom. The van der Waals surface area contributed by atoms with Crippen LogP contribution < -0.4 is 0 Å². The van der Waals surface area contributed by atoms with Gasteiger partial charge in [0.05, 0.1) is 54.9 Å². The standard InChI is InChI=1S/C45H66O12/c1-7-23(2)14-35-26(5)31-18-27(46)17-29-9-11-34-40(52-29)44-43-42(54-34)41-38(55-43)20-45(56-41,57-44)13-12-30-16-25(4)33(50-30)10-8-28-15-24(3)32(21-49-39(47)22-48-6)37(51-28)19-36(31)53-35/h23,26,28-31,33-38,40-44H,4,7-22H2,1-3,5-6H3/t23-,26-,28?,29-,30?,31?,33+,34+,35-,36?,37-,38-,40+,41+,42+,43-,44+,45+/m1/s1. The third-order valence-electron chi connectivity index (χ3n) is 15.2. The molecule has 12 bridgehead atoms. The molecule has 318 valence electrons. The summed E-state index contributed by atoms with van der Waals surface area (Å²) in [6.07, 6.45) is 8.13. The van der Waals surface area contributed by atoms with Gasteiger partial charge in [0.2, 0.25) is 0 Å². The number of hydrogen-bond acceptors (Lipinski definition) is 12. The lowest BCUT2D eigenvalue weighted by atomic mass is 9.79. The van der Waals surface area contributed by atoms with Crippen molar-refractivity contribution in [3.05, 3.63) is 23.3 Å². The van der Waals surface area contributed by atoms with Crippen molar-refractivity contribution >= 4 is 11.8 Å². The van der Waals surface area contributed by atoms with E-state index in [-0.39, 0.29) is 116 Å². The molecule has 4 unspecified atom stereocenters. The van der Waals surface area contributed by atoms with Crippen LogP contribution in [0.5, 0.6) is 0 Å². The summed E-state index contributed by atoms with van der Waals surface area (Å²) in [6.45, 7) is 13.4. The fourth-order valence-electron chi connectivity index (χ4n) is 11.9. The average molecular weight is 799 g/mol. The summed E-state index contributed by atoms with van der Waals surface area (Å²) in [6, 6.07) is 0. The maximum absolute atomic E-state index is 14.2. The first-order chi connectivity index (χ1) is 27.5. The predicted molar refractivity (Wildman–Crippen MR) is 206 cm³/mol. The topological polar surface area (TPSA) is 126 Å². The van der Waals surface area contributed by atoms with E-state index in [0.717, 1.165) is 68.9 Å². The first-order valence-electron chi connectivity index (χ1n) is 22.3. The van der Waals surface area contributed by atoms with Crippen LogP contribution >= 0.6 is 0 Å². The Bertz CT molecular complexity index is 1550. The van der Waals surface area contributed by atoms with Gasteiger partial charge < -0.3 is 47.4 Å². The number of rotatable bonds is 7. The van der Waals surface area contributed by atoms with Crippen LogP contribution in [-0.2, 0) is 57.0 Å². The van der Waals surface area contributed by atoms with Gasteiger partial charge in [-0.15, -0.1) is 0 Å². The average Bonchev–Trinajstić information content (AvgIpc) is 3.84. The SMILES string of the molecule is C=C1CC2CC[C@@]34C[C@H]5O[C@H]6[C@@H](O3)[C@H]3O[C@H](CC[C@@H]3O[C@H]6[C@H]5O4)CC(=O)CC3C(C[C@H]4OC(CC[C@@H]1O2)CC(C)=C4COC(=O)COC)O[C@H](C[C@H](C)CC)[C@@H]3C. The zero-order valence-corrected chi connectivity index (χ0v) is 34.7. The molecule has 0 radical (unpaired) electrons.